The van der Waals surface area contributed by atoms with E-state index in [1.54, 1.807) is 0 Å². The largest absolute Gasteiger partial charge is 0.349 e. The molecule has 0 unspecified atom stereocenters. The number of nitriles is 1. The van der Waals surface area contributed by atoms with Gasteiger partial charge in [0.2, 0.25) is 0 Å². The van der Waals surface area contributed by atoms with Crippen LogP contribution in [0.1, 0.15) is 33.1 Å². The molecule has 0 saturated carbocycles. The van der Waals surface area contributed by atoms with Crippen LogP contribution in [0.15, 0.2) is 0 Å². The van der Waals surface area contributed by atoms with Crippen LogP contribution in [-0.4, -0.2) is 25.1 Å². The summed E-state index contributed by atoms with van der Waals surface area (Å²) in [5, 5.41) is 17.1. The summed E-state index contributed by atoms with van der Waals surface area (Å²) < 4.78 is 0. The van der Waals surface area contributed by atoms with Crippen LogP contribution in [0, 0.1) is 17.2 Å². The molecule has 0 spiro atoms. The highest BCUT2D eigenvalue weighted by Gasteiger charge is 2.34. The number of hydrogen-bond donors (Lipinski definition) is 1. The zero-order valence-corrected chi connectivity index (χ0v) is 13.1. The van der Waals surface area contributed by atoms with Crippen molar-refractivity contribution in [3.05, 3.63) is 0 Å². The Labute approximate surface area is 115 Å². The van der Waals surface area contributed by atoms with Gasteiger partial charge in [0.1, 0.15) is 12.2 Å². The molecule has 5 nitrogen and oxygen atoms in total. The van der Waals surface area contributed by atoms with Gasteiger partial charge in [0.25, 0.3) is 0 Å². The summed E-state index contributed by atoms with van der Waals surface area (Å²) in [6.45, 7) is 8.60. The van der Waals surface area contributed by atoms with E-state index in [1.807, 2.05) is 0 Å². The van der Waals surface area contributed by atoms with Gasteiger partial charge in [-0.3, -0.25) is 4.79 Å². The highest BCUT2D eigenvalue weighted by Crippen LogP contribution is 2.34. The highest BCUT2D eigenvalue weighted by atomic mass is 28.3. The molecule has 6 heteroatoms. The maximum absolute atomic E-state index is 11.7. The Kier molecular flexibility index (Phi) is 7.57. The van der Waals surface area contributed by atoms with Gasteiger partial charge in [-0.1, -0.05) is 33.0 Å². The fourth-order valence-electron chi connectivity index (χ4n) is 2.49. The molecule has 0 aliphatic carbocycles. The molecule has 0 amide bonds. The van der Waals surface area contributed by atoms with Gasteiger partial charge in [-0.15, -0.1) is 0 Å². The molecule has 0 aromatic rings. The molecule has 0 aromatic heterocycles. The molecule has 108 valence electrons. The van der Waals surface area contributed by atoms with E-state index in [0.717, 1.165) is 6.04 Å². The summed E-state index contributed by atoms with van der Waals surface area (Å²) in [5.41, 5.74) is 0.0406. The van der Waals surface area contributed by atoms with Crippen LogP contribution >= 0.6 is 0 Å². The van der Waals surface area contributed by atoms with Gasteiger partial charge in [-0.05, 0) is 11.5 Å². The number of carbonyl (C=O) groups excluding carboxylic acids is 2. The smallest absolute Gasteiger partial charge is 0.301 e. The van der Waals surface area contributed by atoms with Crippen LogP contribution in [0.4, 0.5) is 0 Å². The van der Waals surface area contributed by atoms with E-state index in [9.17, 15) is 9.59 Å². The number of carbonyl (C=O) groups is 2. The molecule has 0 heterocycles. The lowest BCUT2D eigenvalue weighted by molar-refractivity contribution is -0.233. The fourth-order valence-corrected chi connectivity index (χ4v) is 6.36. The van der Waals surface area contributed by atoms with Crippen molar-refractivity contribution in [3.63, 3.8) is 0 Å². The maximum Gasteiger partial charge on any atom is 0.349 e. The third-order valence-electron chi connectivity index (χ3n) is 3.29. The maximum atomic E-state index is 11.7. The van der Waals surface area contributed by atoms with Crippen molar-refractivity contribution >= 4 is 19.8 Å². The summed E-state index contributed by atoms with van der Waals surface area (Å²) in [7, 11) is -1.70. The summed E-state index contributed by atoms with van der Waals surface area (Å²) in [6.07, 6.45) is 0.130. The average Bonchev–Trinajstić information content (AvgIpc) is 2.26. The topological polar surface area (TPSA) is 87.4 Å². The van der Waals surface area contributed by atoms with Crippen LogP contribution in [0.5, 0.6) is 0 Å². The second-order valence-electron chi connectivity index (χ2n) is 6.03. The van der Waals surface area contributed by atoms with E-state index >= 15 is 0 Å². The third kappa shape index (κ3) is 7.08. The Morgan fingerprint density at radius 1 is 1.37 bits per heavy atom. The first-order valence-corrected chi connectivity index (χ1v) is 9.74. The Morgan fingerprint density at radius 3 is 2.37 bits per heavy atom. The summed E-state index contributed by atoms with van der Waals surface area (Å²) in [5.74, 6) is -0.687. The Hall–Kier alpha value is -1.19. The lowest BCUT2D eigenvalue weighted by Crippen LogP contribution is -2.35. The lowest BCUT2D eigenvalue weighted by Gasteiger charge is -2.32. The van der Waals surface area contributed by atoms with Crippen molar-refractivity contribution < 1.29 is 19.7 Å². The standard InChI is InChI=1S/C13H23NO4Si/c1-10(2)9-19(3,4)12(5-6-14)7-11(15)8-13(16)18-17/h10,12,17H,5,7-9H2,1-4H3/t12-/m1/s1. The molecule has 19 heavy (non-hydrogen) atoms. The molecule has 1 atom stereocenters. The molecule has 0 aromatic carbocycles. The zero-order valence-electron chi connectivity index (χ0n) is 12.1. The van der Waals surface area contributed by atoms with Crippen molar-refractivity contribution in [1.82, 2.24) is 0 Å². The van der Waals surface area contributed by atoms with E-state index in [4.69, 9.17) is 10.5 Å². The minimum Gasteiger partial charge on any atom is -0.301 e. The van der Waals surface area contributed by atoms with Crippen LogP contribution < -0.4 is 0 Å². The third-order valence-corrected chi connectivity index (χ3v) is 7.78. The highest BCUT2D eigenvalue weighted by molar-refractivity contribution is 6.79. The van der Waals surface area contributed by atoms with E-state index in [0.29, 0.717) is 12.3 Å². The van der Waals surface area contributed by atoms with Gasteiger partial charge in [0.15, 0.2) is 0 Å². The van der Waals surface area contributed by atoms with Gasteiger partial charge >= 0.3 is 5.97 Å². The van der Waals surface area contributed by atoms with E-state index < -0.39 is 20.5 Å². The second-order valence-corrected chi connectivity index (χ2v) is 11.2. The zero-order chi connectivity index (χ0) is 15.1. The number of hydrogen-bond acceptors (Lipinski definition) is 5. The Morgan fingerprint density at radius 2 is 1.95 bits per heavy atom. The molecular weight excluding hydrogens is 262 g/mol. The van der Waals surface area contributed by atoms with E-state index in [-0.39, 0.29) is 17.7 Å². The van der Waals surface area contributed by atoms with E-state index in [1.165, 1.54) is 0 Å². The van der Waals surface area contributed by atoms with Crippen molar-refractivity contribution in [2.75, 3.05) is 0 Å². The molecule has 1 N–H and O–H groups in total. The van der Waals surface area contributed by atoms with Crippen molar-refractivity contribution in [3.8, 4) is 6.07 Å². The first-order valence-electron chi connectivity index (χ1n) is 6.45. The Bertz CT molecular complexity index is 360. The Balaban J connectivity index is 4.69. The van der Waals surface area contributed by atoms with Gasteiger partial charge in [-0.25, -0.2) is 4.79 Å². The average molecular weight is 285 g/mol. The molecular formula is C13H23NO4Si. The molecule has 0 aliphatic rings. The van der Waals surface area contributed by atoms with Crippen molar-refractivity contribution in [2.45, 2.75) is 57.8 Å². The van der Waals surface area contributed by atoms with Gasteiger partial charge in [0, 0.05) is 12.8 Å². The minimum atomic E-state index is -1.70. The number of Topliss-reactive ketones (excluding diaryl/α,β-unsaturated/α-hetero) is 1. The minimum absolute atomic E-state index is 0.0406. The van der Waals surface area contributed by atoms with Crippen LogP contribution in [-0.2, 0) is 14.5 Å². The second kappa shape index (κ2) is 8.07. The summed E-state index contributed by atoms with van der Waals surface area (Å²) in [6, 6.07) is 3.18. The number of ketones is 1. The molecule has 0 fully saturated rings. The SMILES string of the molecule is CC(C)C[Si](C)(C)[C@H](CC#N)CC(=O)CC(=O)OO. The fraction of sp³-hybridized carbons (Fsp3) is 0.769. The van der Waals surface area contributed by atoms with E-state index in [2.05, 4.69) is 37.9 Å². The normalized spacial score (nSPS) is 12.9. The van der Waals surface area contributed by atoms with Crippen molar-refractivity contribution in [2.24, 2.45) is 5.92 Å². The number of rotatable bonds is 8. The quantitative estimate of drug-likeness (QED) is 0.320. The predicted molar refractivity (Wildman–Crippen MR) is 74.1 cm³/mol. The monoisotopic (exact) mass is 285 g/mol. The summed E-state index contributed by atoms with van der Waals surface area (Å²) in [4.78, 5) is 26.1. The molecule has 0 radical (unpaired) electrons. The van der Waals surface area contributed by atoms with Gasteiger partial charge in [0.05, 0.1) is 14.1 Å². The van der Waals surface area contributed by atoms with Gasteiger partial charge < -0.3 is 4.89 Å². The number of nitrogens with zero attached hydrogens (tertiary/aromatic N) is 1. The molecule has 0 aliphatic heterocycles. The lowest BCUT2D eigenvalue weighted by atomic mass is 10.1. The van der Waals surface area contributed by atoms with Crippen LogP contribution in [0.2, 0.25) is 24.7 Å². The predicted octanol–water partition coefficient (Wildman–Crippen LogP) is 3.00. The van der Waals surface area contributed by atoms with Crippen molar-refractivity contribution in [1.29, 1.82) is 5.26 Å². The molecule has 0 bridgehead atoms. The van der Waals surface area contributed by atoms with Crippen LogP contribution in [0.25, 0.3) is 0 Å². The first-order chi connectivity index (χ1) is 8.72. The van der Waals surface area contributed by atoms with Gasteiger partial charge in [-0.2, -0.15) is 10.5 Å². The molecule has 0 rings (SSSR count). The summed E-state index contributed by atoms with van der Waals surface area (Å²) >= 11 is 0. The first kappa shape index (κ1) is 17.8. The molecule has 0 saturated heterocycles. The van der Waals surface area contributed by atoms with Crippen LogP contribution in [0.3, 0.4) is 0 Å².